The minimum Gasteiger partial charge on any atom is -0.455 e. The molecule has 1 aliphatic rings. The van der Waals surface area contributed by atoms with Crippen molar-refractivity contribution in [1.29, 1.82) is 0 Å². The predicted octanol–water partition coefficient (Wildman–Crippen LogP) is 2.99. The van der Waals surface area contributed by atoms with Gasteiger partial charge in [-0.3, -0.25) is 9.59 Å². The SMILES string of the molecule is C[C@@H](NC(=O)COC(=O)[C@@]1(C)CC1(Cl)Cl)c1ccccc1. The molecule has 0 aromatic heterocycles. The van der Waals surface area contributed by atoms with Crippen molar-refractivity contribution in [2.24, 2.45) is 5.41 Å². The largest absolute Gasteiger partial charge is 0.455 e. The Morgan fingerprint density at radius 3 is 2.43 bits per heavy atom. The van der Waals surface area contributed by atoms with Crippen LogP contribution in [0.4, 0.5) is 0 Å². The van der Waals surface area contributed by atoms with Crippen LogP contribution in [0.5, 0.6) is 0 Å². The molecule has 1 fully saturated rings. The van der Waals surface area contributed by atoms with E-state index >= 15 is 0 Å². The van der Waals surface area contributed by atoms with Gasteiger partial charge in [-0.05, 0) is 19.4 Å². The Kier molecular flexibility index (Phi) is 4.49. The molecular weight excluding hydrogens is 313 g/mol. The van der Waals surface area contributed by atoms with Crippen LogP contribution in [0.15, 0.2) is 30.3 Å². The lowest BCUT2D eigenvalue weighted by molar-refractivity contribution is -0.153. The monoisotopic (exact) mass is 329 g/mol. The molecule has 1 N–H and O–H groups in total. The van der Waals surface area contributed by atoms with Crippen LogP contribution >= 0.6 is 23.2 Å². The van der Waals surface area contributed by atoms with Gasteiger partial charge in [0.05, 0.1) is 6.04 Å². The van der Waals surface area contributed by atoms with Crippen molar-refractivity contribution in [3.63, 3.8) is 0 Å². The second-order valence-electron chi connectivity index (χ2n) is 5.49. The van der Waals surface area contributed by atoms with Crippen LogP contribution in [0.1, 0.15) is 31.9 Å². The number of carbonyl (C=O) groups is 2. The maximum atomic E-state index is 11.8. The van der Waals surface area contributed by atoms with Crippen LogP contribution in [-0.4, -0.2) is 22.8 Å². The van der Waals surface area contributed by atoms with Crippen LogP contribution in [0.3, 0.4) is 0 Å². The van der Waals surface area contributed by atoms with E-state index < -0.39 is 15.7 Å². The number of hydrogen-bond acceptors (Lipinski definition) is 3. The Morgan fingerprint density at radius 2 is 1.90 bits per heavy atom. The number of carbonyl (C=O) groups excluding carboxylic acids is 2. The third kappa shape index (κ3) is 3.50. The molecule has 2 atom stereocenters. The number of nitrogens with one attached hydrogen (secondary N) is 1. The van der Waals surface area contributed by atoms with Crippen LogP contribution in [-0.2, 0) is 14.3 Å². The van der Waals surface area contributed by atoms with Gasteiger partial charge in [-0.25, -0.2) is 0 Å². The van der Waals surface area contributed by atoms with Crippen molar-refractivity contribution in [2.45, 2.75) is 30.6 Å². The zero-order chi connectivity index (χ0) is 15.7. The van der Waals surface area contributed by atoms with Crippen LogP contribution in [0.2, 0.25) is 0 Å². The number of rotatable bonds is 5. The average molecular weight is 330 g/mol. The lowest BCUT2D eigenvalue weighted by atomic mass is 10.1. The normalized spacial score (nSPS) is 24.0. The second-order valence-corrected chi connectivity index (χ2v) is 6.97. The lowest BCUT2D eigenvalue weighted by Gasteiger charge is -2.15. The number of ether oxygens (including phenoxy) is 1. The van der Waals surface area contributed by atoms with Crippen molar-refractivity contribution in [3.8, 4) is 0 Å². The van der Waals surface area contributed by atoms with E-state index in [9.17, 15) is 9.59 Å². The molecule has 114 valence electrons. The summed E-state index contributed by atoms with van der Waals surface area (Å²) >= 11 is 11.8. The van der Waals surface area contributed by atoms with E-state index in [1.807, 2.05) is 37.3 Å². The van der Waals surface area contributed by atoms with Crippen molar-refractivity contribution in [2.75, 3.05) is 6.61 Å². The number of amides is 1. The van der Waals surface area contributed by atoms with Crippen LogP contribution < -0.4 is 5.32 Å². The fraction of sp³-hybridized carbons (Fsp3) is 0.467. The fourth-order valence-electron chi connectivity index (χ4n) is 2.02. The zero-order valence-electron chi connectivity index (χ0n) is 11.9. The first-order valence-electron chi connectivity index (χ1n) is 6.66. The van der Waals surface area contributed by atoms with Gasteiger partial charge >= 0.3 is 5.97 Å². The molecule has 1 aromatic rings. The highest BCUT2D eigenvalue weighted by Crippen LogP contribution is 2.64. The van der Waals surface area contributed by atoms with Gasteiger partial charge in [0.1, 0.15) is 9.75 Å². The summed E-state index contributed by atoms with van der Waals surface area (Å²) in [6, 6.07) is 9.36. The van der Waals surface area contributed by atoms with Gasteiger partial charge < -0.3 is 10.1 Å². The Hall–Kier alpha value is -1.26. The molecule has 1 saturated carbocycles. The molecule has 21 heavy (non-hydrogen) atoms. The van der Waals surface area contributed by atoms with Gasteiger partial charge in [-0.1, -0.05) is 30.3 Å². The molecule has 6 heteroatoms. The van der Waals surface area contributed by atoms with E-state index in [1.54, 1.807) is 6.92 Å². The molecule has 0 bridgehead atoms. The smallest absolute Gasteiger partial charge is 0.315 e. The number of halogens is 2. The van der Waals surface area contributed by atoms with E-state index in [0.29, 0.717) is 6.42 Å². The summed E-state index contributed by atoms with van der Waals surface area (Å²) in [5.41, 5.74) is 0.0633. The third-order valence-electron chi connectivity index (χ3n) is 3.72. The first-order valence-corrected chi connectivity index (χ1v) is 7.41. The van der Waals surface area contributed by atoms with Crippen molar-refractivity contribution in [3.05, 3.63) is 35.9 Å². The summed E-state index contributed by atoms with van der Waals surface area (Å²) in [5, 5.41) is 2.76. The lowest BCUT2D eigenvalue weighted by Crippen LogP contribution is -2.33. The molecule has 0 heterocycles. The number of esters is 1. The number of benzene rings is 1. The van der Waals surface area contributed by atoms with E-state index in [2.05, 4.69) is 5.32 Å². The highest BCUT2D eigenvalue weighted by atomic mass is 35.5. The average Bonchev–Trinajstić information content (AvgIpc) is 2.97. The minimum atomic E-state index is -1.09. The van der Waals surface area contributed by atoms with Gasteiger partial charge in [0, 0.05) is 6.42 Å². The topological polar surface area (TPSA) is 55.4 Å². The summed E-state index contributed by atoms with van der Waals surface area (Å²) in [7, 11) is 0. The van der Waals surface area contributed by atoms with Gasteiger partial charge in [0.15, 0.2) is 6.61 Å². The Labute approximate surface area is 133 Å². The molecule has 0 spiro atoms. The number of hydrogen-bond donors (Lipinski definition) is 1. The maximum Gasteiger partial charge on any atom is 0.315 e. The van der Waals surface area contributed by atoms with Crippen molar-refractivity contribution in [1.82, 2.24) is 5.32 Å². The molecule has 4 nitrogen and oxygen atoms in total. The van der Waals surface area contributed by atoms with Gasteiger partial charge in [0.25, 0.3) is 5.91 Å². The van der Waals surface area contributed by atoms with Crippen molar-refractivity contribution >= 4 is 35.1 Å². The first kappa shape index (κ1) is 16.1. The molecule has 0 aliphatic heterocycles. The maximum absolute atomic E-state index is 11.8. The summed E-state index contributed by atoms with van der Waals surface area (Å²) < 4.78 is 3.90. The molecule has 1 amide bonds. The predicted molar refractivity (Wildman–Crippen MR) is 81.1 cm³/mol. The van der Waals surface area contributed by atoms with Gasteiger partial charge in [0.2, 0.25) is 0 Å². The van der Waals surface area contributed by atoms with E-state index in [-0.39, 0.29) is 18.6 Å². The summed E-state index contributed by atoms with van der Waals surface area (Å²) in [4.78, 5) is 23.6. The van der Waals surface area contributed by atoms with Gasteiger partial charge in [-0.15, -0.1) is 23.2 Å². The summed E-state index contributed by atoms with van der Waals surface area (Å²) in [6.07, 6.45) is 0.337. The van der Waals surface area contributed by atoms with Gasteiger partial charge in [-0.2, -0.15) is 0 Å². The standard InChI is InChI=1S/C15H17Cl2NO3/c1-10(11-6-4-3-5-7-11)18-12(19)8-21-13(20)14(2)9-15(14,16)17/h3-7,10H,8-9H2,1-2H3,(H,18,19)/t10-,14-/m1/s1. The summed E-state index contributed by atoms with van der Waals surface area (Å²) in [6.45, 7) is 3.15. The van der Waals surface area contributed by atoms with E-state index in [1.165, 1.54) is 0 Å². The molecule has 1 aliphatic carbocycles. The molecular formula is C15H17Cl2NO3. The Bertz CT molecular complexity index is 547. The highest BCUT2D eigenvalue weighted by Gasteiger charge is 2.69. The quantitative estimate of drug-likeness (QED) is 0.667. The minimum absolute atomic E-state index is 0.158. The second kappa shape index (κ2) is 5.85. The molecule has 1 aromatic carbocycles. The Morgan fingerprint density at radius 1 is 1.33 bits per heavy atom. The molecule has 0 unspecified atom stereocenters. The molecule has 0 radical (unpaired) electrons. The van der Waals surface area contributed by atoms with E-state index in [4.69, 9.17) is 27.9 Å². The number of alkyl halides is 2. The highest BCUT2D eigenvalue weighted by molar-refractivity contribution is 6.53. The van der Waals surface area contributed by atoms with Crippen LogP contribution in [0, 0.1) is 5.41 Å². The van der Waals surface area contributed by atoms with Crippen molar-refractivity contribution < 1.29 is 14.3 Å². The van der Waals surface area contributed by atoms with Crippen LogP contribution in [0.25, 0.3) is 0 Å². The third-order valence-corrected chi connectivity index (χ3v) is 4.82. The fourth-order valence-corrected chi connectivity index (χ4v) is 2.71. The molecule has 2 rings (SSSR count). The zero-order valence-corrected chi connectivity index (χ0v) is 13.4. The molecule has 0 saturated heterocycles. The first-order chi connectivity index (χ1) is 9.76. The van der Waals surface area contributed by atoms with E-state index in [0.717, 1.165) is 5.56 Å². The summed E-state index contributed by atoms with van der Waals surface area (Å²) in [5.74, 6) is -0.909. The Balaban J connectivity index is 1.80.